The first kappa shape index (κ1) is 27.2. The number of β-lactam (4-membered cyclic amide) rings is 1. The lowest BCUT2D eigenvalue weighted by Crippen LogP contribution is -2.52. The molecule has 3 aliphatic heterocycles. The largest absolute Gasteiger partial charge is 0.447 e. The SMILES string of the molecule is Nc1nc(C#CCC2CCN(C(=O)OCC3CC(=O)N3)CC2)nc2c1ncn2[C@@H]1O[C@H](C(=O)NC2CC2)C(O)[C@@H]1O. The monoisotopic (exact) mass is 568 g/mol. The highest BCUT2D eigenvalue weighted by Crippen LogP contribution is 2.33. The van der Waals surface area contributed by atoms with E-state index >= 15 is 0 Å². The first-order valence-electron chi connectivity index (χ1n) is 13.8. The minimum atomic E-state index is -1.42. The lowest BCUT2D eigenvalue weighted by atomic mass is 9.94. The summed E-state index contributed by atoms with van der Waals surface area (Å²) in [7, 11) is 0. The Morgan fingerprint density at radius 3 is 2.66 bits per heavy atom. The Balaban J connectivity index is 1.06. The van der Waals surface area contributed by atoms with Crippen molar-refractivity contribution in [3.8, 4) is 11.8 Å². The molecule has 1 saturated carbocycles. The second-order valence-electron chi connectivity index (χ2n) is 10.9. The van der Waals surface area contributed by atoms with Crippen molar-refractivity contribution in [2.24, 2.45) is 5.92 Å². The lowest BCUT2D eigenvalue weighted by Gasteiger charge is -2.32. The molecule has 15 nitrogen and oxygen atoms in total. The smallest absolute Gasteiger partial charge is 0.409 e. The molecule has 0 spiro atoms. The number of carbonyl (C=O) groups excluding carboxylic acids is 3. The van der Waals surface area contributed by atoms with Crippen molar-refractivity contribution in [1.82, 2.24) is 35.1 Å². The predicted molar refractivity (Wildman–Crippen MR) is 141 cm³/mol. The number of piperidine rings is 1. The molecule has 6 N–H and O–H groups in total. The molecule has 41 heavy (non-hydrogen) atoms. The molecule has 218 valence electrons. The van der Waals surface area contributed by atoms with E-state index in [-0.39, 0.29) is 59.4 Å². The number of rotatable bonds is 6. The molecule has 3 saturated heterocycles. The van der Waals surface area contributed by atoms with Gasteiger partial charge < -0.3 is 41.0 Å². The summed E-state index contributed by atoms with van der Waals surface area (Å²) < 4.78 is 12.5. The van der Waals surface area contributed by atoms with Gasteiger partial charge in [-0.1, -0.05) is 5.92 Å². The molecule has 4 aliphatic rings. The predicted octanol–water partition coefficient (Wildman–Crippen LogP) is -1.21. The highest BCUT2D eigenvalue weighted by Gasteiger charge is 2.48. The molecule has 4 fully saturated rings. The summed E-state index contributed by atoms with van der Waals surface area (Å²) in [6, 6.07) is -0.0131. The normalized spacial score (nSPS) is 28.0. The molecule has 1 aliphatic carbocycles. The molecular formula is C26H32N8O7. The fourth-order valence-electron chi connectivity index (χ4n) is 5.19. The third kappa shape index (κ3) is 5.76. The Labute approximate surface area is 234 Å². The van der Waals surface area contributed by atoms with Crippen LogP contribution in [0.1, 0.15) is 50.6 Å². The summed E-state index contributed by atoms with van der Waals surface area (Å²) in [4.78, 5) is 50.3. The van der Waals surface area contributed by atoms with E-state index in [1.807, 2.05) is 0 Å². The number of nitrogens with two attached hydrogens (primary N) is 1. The Morgan fingerprint density at radius 2 is 1.95 bits per heavy atom. The van der Waals surface area contributed by atoms with Crippen molar-refractivity contribution < 1.29 is 34.1 Å². The molecule has 5 heterocycles. The van der Waals surface area contributed by atoms with E-state index in [1.54, 1.807) is 4.90 Å². The number of aliphatic hydroxyl groups is 2. The number of carbonyl (C=O) groups is 3. The molecule has 0 radical (unpaired) electrons. The highest BCUT2D eigenvalue weighted by molar-refractivity contribution is 5.84. The van der Waals surface area contributed by atoms with Crippen LogP contribution in [0, 0.1) is 17.8 Å². The molecule has 6 rings (SSSR count). The second kappa shape index (κ2) is 11.1. The molecule has 2 aromatic rings. The van der Waals surface area contributed by atoms with E-state index in [1.165, 1.54) is 10.9 Å². The Bertz CT molecular complexity index is 1400. The van der Waals surface area contributed by atoms with Gasteiger partial charge in [-0.25, -0.2) is 19.7 Å². The van der Waals surface area contributed by atoms with Crippen molar-refractivity contribution >= 4 is 34.9 Å². The van der Waals surface area contributed by atoms with Crippen molar-refractivity contribution in [3.63, 3.8) is 0 Å². The zero-order valence-corrected chi connectivity index (χ0v) is 22.2. The van der Waals surface area contributed by atoms with Crippen LogP contribution in [0.4, 0.5) is 10.6 Å². The molecule has 15 heteroatoms. The minimum absolute atomic E-state index is 0.0314. The zero-order valence-electron chi connectivity index (χ0n) is 22.2. The molecule has 0 bridgehead atoms. The van der Waals surface area contributed by atoms with Gasteiger partial charge in [0.25, 0.3) is 5.91 Å². The number of imidazole rings is 1. The van der Waals surface area contributed by atoms with E-state index in [4.69, 9.17) is 15.2 Å². The number of aromatic nitrogens is 4. The Kier molecular flexibility index (Phi) is 7.37. The van der Waals surface area contributed by atoms with Crippen molar-refractivity contribution in [3.05, 3.63) is 12.2 Å². The quantitative estimate of drug-likeness (QED) is 0.206. The van der Waals surface area contributed by atoms with E-state index in [9.17, 15) is 24.6 Å². The Morgan fingerprint density at radius 1 is 1.20 bits per heavy atom. The lowest BCUT2D eigenvalue weighted by molar-refractivity contribution is -0.137. The van der Waals surface area contributed by atoms with Gasteiger partial charge in [-0.3, -0.25) is 14.2 Å². The molecule has 0 aromatic carbocycles. The van der Waals surface area contributed by atoms with Crippen molar-refractivity contribution in [2.45, 2.75) is 75.1 Å². The van der Waals surface area contributed by atoms with Crippen LogP contribution in [0.5, 0.6) is 0 Å². The van der Waals surface area contributed by atoms with Gasteiger partial charge in [0.15, 0.2) is 23.8 Å². The van der Waals surface area contributed by atoms with E-state index in [2.05, 4.69) is 37.4 Å². The third-order valence-corrected chi connectivity index (χ3v) is 7.81. The second-order valence-corrected chi connectivity index (χ2v) is 10.9. The van der Waals surface area contributed by atoms with Crippen LogP contribution in [-0.2, 0) is 19.1 Å². The summed E-state index contributed by atoms with van der Waals surface area (Å²) in [5, 5.41) is 26.6. The number of likely N-dealkylation sites (tertiary alicyclic amines) is 1. The summed E-state index contributed by atoms with van der Waals surface area (Å²) in [6.45, 7) is 1.31. The van der Waals surface area contributed by atoms with Gasteiger partial charge in [-0.2, -0.15) is 0 Å². The Hall–Kier alpha value is -4.00. The van der Waals surface area contributed by atoms with Crippen LogP contribution in [0.15, 0.2) is 6.33 Å². The maximum Gasteiger partial charge on any atom is 0.409 e. The van der Waals surface area contributed by atoms with Crippen LogP contribution in [0.3, 0.4) is 0 Å². The first-order chi connectivity index (χ1) is 19.8. The minimum Gasteiger partial charge on any atom is -0.447 e. The number of hydrogen-bond acceptors (Lipinski definition) is 11. The van der Waals surface area contributed by atoms with Gasteiger partial charge >= 0.3 is 6.09 Å². The topological polar surface area (TPSA) is 207 Å². The van der Waals surface area contributed by atoms with E-state index in [0.29, 0.717) is 25.9 Å². The maximum atomic E-state index is 12.5. The van der Waals surface area contributed by atoms with Gasteiger partial charge in [0.2, 0.25) is 11.7 Å². The summed E-state index contributed by atoms with van der Waals surface area (Å²) in [6.07, 6.45) is 0.106. The first-order valence-corrected chi connectivity index (χ1v) is 13.8. The molecule has 2 unspecified atom stereocenters. The molecule has 2 aromatic heterocycles. The van der Waals surface area contributed by atoms with Crippen LogP contribution < -0.4 is 16.4 Å². The van der Waals surface area contributed by atoms with Crippen LogP contribution in [0.2, 0.25) is 0 Å². The van der Waals surface area contributed by atoms with Crippen LogP contribution in [-0.4, -0.2) is 103 Å². The standard InChI is InChI=1S/C26H32N8O7/c27-22-18-23(34(12-28-18)25-20(37)19(36)21(41-25)24(38)30-14-4-5-14)32-16(31-22)3-1-2-13-6-8-33(9-7-13)26(39)40-11-15-10-17(35)29-15/h12-15,19-21,25,36-37H,2,4-11H2,(H,29,35)(H,30,38)(H2,27,31,32)/t15?,19?,20-,21-,25+/m0/s1. The number of anilines is 1. The molecule has 5 atom stereocenters. The number of amides is 3. The maximum absolute atomic E-state index is 12.5. The number of nitrogens with zero attached hydrogens (tertiary/aromatic N) is 5. The summed E-state index contributed by atoms with van der Waals surface area (Å²) in [5.74, 6) is 6.08. The average Bonchev–Trinajstić information content (AvgIpc) is 3.57. The number of nitrogens with one attached hydrogen (secondary N) is 2. The summed E-state index contributed by atoms with van der Waals surface area (Å²) in [5.41, 5.74) is 6.65. The number of nitrogen functional groups attached to an aromatic ring is 1. The van der Waals surface area contributed by atoms with Gasteiger partial charge in [-0.15, -0.1) is 0 Å². The van der Waals surface area contributed by atoms with Crippen LogP contribution >= 0.6 is 0 Å². The van der Waals surface area contributed by atoms with Gasteiger partial charge in [0.05, 0.1) is 18.8 Å². The van der Waals surface area contributed by atoms with E-state index < -0.39 is 30.4 Å². The van der Waals surface area contributed by atoms with Crippen LogP contribution in [0.25, 0.3) is 11.2 Å². The van der Waals surface area contributed by atoms with Crippen molar-refractivity contribution in [1.29, 1.82) is 0 Å². The fraction of sp³-hybridized carbons (Fsp3) is 0.615. The number of hydrogen-bond donors (Lipinski definition) is 5. The van der Waals surface area contributed by atoms with Crippen molar-refractivity contribution in [2.75, 3.05) is 25.4 Å². The van der Waals surface area contributed by atoms with Gasteiger partial charge in [-0.05, 0) is 37.5 Å². The molecular weight excluding hydrogens is 536 g/mol. The zero-order chi connectivity index (χ0) is 28.7. The average molecular weight is 569 g/mol. The number of ether oxygens (including phenoxy) is 2. The molecule has 3 amide bonds. The fourth-order valence-corrected chi connectivity index (χ4v) is 5.19. The van der Waals surface area contributed by atoms with Gasteiger partial charge in [0.1, 0.15) is 24.3 Å². The number of aliphatic hydroxyl groups excluding tert-OH is 2. The number of fused-ring (bicyclic) bond motifs is 1. The third-order valence-electron chi connectivity index (χ3n) is 7.81. The van der Waals surface area contributed by atoms with Gasteiger partial charge in [0, 0.05) is 25.6 Å². The van der Waals surface area contributed by atoms with E-state index in [0.717, 1.165) is 25.7 Å². The highest BCUT2D eigenvalue weighted by atomic mass is 16.6. The summed E-state index contributed by atoms with van der Waals surface area (Å²) >= 11 is 0.